The maximum absolute atomic E-state index is 12.5. The molecule has 1 aromatic rings. The fraction of sp³-hybridized carbons (Fsp3) is 0.500. The largest absolute Gasteiger partial charge is 0.378 e. The average Bonchev–Trinajstić information content (AvgIpc) is 2.92. The molecule has 2 aliphatic rings. The Morgan fingerprint density at radius 1 is 1.32 bits per heavy atom. The third-order valence-corrected chi connectivity index (χ3v) is 4.67. The van der Waals surface area contributed by atoms with E-state index < -0.39 is 0 Å². The molecule has 0 bridgehead atoms. The third kappa shape index (κ3) is 2.96. The van der Waals surface area contributed by atoms with E-state index in [0.717, 1.165) is 11.3 Å². The van der Waals surface area contributed by atoms with Crippen LogP contribution >= 0.6 is 11.6 Å². The lowest BCUT2D eigenvalue weighted by atomic mass is 10.1. The minimum atomic E-state index is -0.273. The molecular weight excluding hydrogens is 304 g/mol. The maximum Gasteiger partial charge on any atom is 0.228 e. The van der Waals surface area contributed by atoms with E-state index in [2.05, 4.69) is 0 Å². The van der Waals surface area contributed by atoms with Crippen LogP contribution in [-0.2, 0) is 14.3 Å². The smallest absolute Gasteiger partial charge is 0.228 e. The second-order valence-electron chi connectivity index (χ2n) is 5.78. The number of hydrogen-bond donors (Lipinski definition) is 0. The van der Waals surface area contributed by atoms with Gasteiger partial charge in [-0.3, -0.25) is 9.59 Å². The van der Waals surface area contributed by atoms with Crippen molar-refractivity contribution in [2.75, 3.05) is 37.7 Å². The molecule has 0 aliphatic carbocycles. The van der Waals surface area contributed by atoms with E-state index >= 15 is 0 Å². The number of anilines is 1. The van der Waals surface area contributed by atoms with Gasteiger partial charge in [0.05, 0.1) is 19.1 Å². The predicted octanol–water partition coefficient (Wildman–Crippen LogP) is 1.86. The van der Waals surface area contributed by atoms with Crippen molar-refractivity contribution in [3.05, 3.63) is 28.8 Å². The van der Waals surface area contributed by atoms with Gasteiger partial charge in [-0.2, -0.15) is 0 Å². The first-order valence-electron chi connectivity index (χ1n) is 7.49. The third-order valence-electron chi connectivity index (χ3n) is 4.26. The standard InChI is InChI=1S/C16H19ClN2O3/c1-11-2-3-13(9-14(11)17)19-10-12(8-15(19)20)16(21)18-4-6-22-7-5-18/h2-3,9,12H,4-8,10H2,1H3/t12-/m0/s1. The molecule has 0 unspecified atom stereocenters. The van der Waals surface area contributed by atoms with Gasteiger partial charge in [0.2, 0.25) is 11.8 Å². The summed E-state index contributed by atoms with van der Waals surface area (Å²) in [6, 6.07) is 5.55. The van der Waals surface area contributed by atoms with Gasteiger partial charge in [-0.25, -0.2) is 0 Å². The molecule has 118 valence electrons. The first kappa shape index (κ1) is 15.3. The topological polar surface area (TPSA) is 49.9 Å². The summed E-state index contributed by atoms with van der Waals surface area (Å²) in [6.45, 7) is 4.71. The summed E-state index contributed by atoms with van der Waals surface area (Å²) in [4.78, 5) is 28.2. The van der Waals surface area contributed by atoms with Gasteiger partial charge in [0, 0.05) is 36.8 Å². The number of carbonyl (C=O) groups excluding carboxylic acids is 2. The van der Waals surface area contributed by atoms with Gasteiger partial charge in [0.25, 0.3) is 0 Å². The number of nitrogens with zero attached hydrogens (tertiary/aromatic N) is 2. The summed E-state index contributed by atoms with van der Waals surface area (Å²) in [5.74, 6) is -0.241. The highest BCUT2D eigenvalue weighted by molar-refractivity contribution is 6.31. The van der Waals surface area contributed by atoms with Gasteiger partial charge in [0.1, 0.15) is 0 Å². The number of benzene rings is 1. The van der Waals surface area contributed by atoms with Gasteiger partial charge in [-0.05, 0) is 24.6 Å². The molecule has 1 atom stereocenters. The van der Waals surface area contributed by atoms with E-state index in [1.807, 2.05) is 19.1 Å². The Labute approximate surface area is 134 Å². The number of halogens is 1. The monoisotopic (exact) mass is 322 g/mol. The van der Waals surface area contributed by atoms with Crippen LogP contribution in [0.3, 0.4) is 0 Å². The zero-order chi connectivity index (χ0) is 15.7. The summed E-state index contributed by atoms with van der Waals surface area (Å²) >= 11 is 6.13. The maximum atomic E-state index is 12.5. The summed E-state index contributed by atoms with van der Waals surface area (Å²) in [5, 5.41) is 0.633. The Morgan fingerprint density at radius 3 is 2.73 bits per heavy atom. The van der Waals surface area contributed by atoms with Crippen molar-refractivity contribution in [3.8, 4) is 0 Å². The SMILES string of the molecule is Cc1ccc(N2C[C@@H](C(=O)N3CCOCC3)CC2=O)cc1Cl. The van der Waals surface area contributed by atoms with E-state index in [1.165, 1.54) is 0 Å². The summed E-state index contributed by atoms with van der Waals surface area (Å²) in [7, 11) is 0. The summed E-state index contributed by atoms with van der Waals surface area (Å²) in [6.07, 6.45) is 0.266. The Kier molecular flexibility index (Phi) is 4.36. The van der Waals surface area contributed by atoms with E-state index in [0.29, 0.717) is 37.9 Å². The predicted molar refractivity (Wildman–Crippen MR) is 84.0 cm³/mol. The van der Waals surface area contributed by atoms with Gasteiger partial charge >= 0.3 is 0 Å². The number of amides is 2. The zero-order valence-electron chi connectivity index (χ0n) is 12.5. The van der Waals surface area contributed by atoms with Crippen molar-refractivity contribution < 1.29 is 14.3 Å². The zero-order valence-corrected chi connectivity index (χ0v) is 13.3. The Morgan fingerprint density at radius 2 is 2.05 bits per heavy atom. The number of carbonyl (C=O) groups is 2. The molecule has 2 heterocycles. The lowest BCUT2D eigenvalue weighted by molar-refractivity contribution is -0.139. The summed E-state index contributed by atoms with van der Waals surface area (Å²) < 4.78 is 5.26. The van der Waals surface area contributed by atoms with Gasteiger partial charge in [0.15, 0.2) is 0 Å². The van der Waals surface area contributed by atoms with Gasteiger partial charge < -0.3 is 14.5 Å². The number of hydrogen-bond acceptors (Lipinski definition) is 3. The first-order valence-corrected chi connectivity index (χ1v) is 7.87. The molecule has 2 aliphatic heterocycles. The van der Waals surface area contributed by atoms with Crippen molar-refractivity contribution in [3.63, 3.8) is 0 Å². The van der Waals surface area contributed by atoms with Crippen LogP contribution in [0.1, 0.15) is 12.0 Å². The van der Waals surface area contributed by atoms with Crippen molar-refractivity contribution >= 4 is 29.1 Å². The van der Waals surface area contributed by atoms with E-state index in [4.69, 9.17) is 16.3 Å². The summed E-state index contributed by atoms with van der Waals surface area (Å²) in [5.41, 5.74) is 1.73. The number of ether oxygens (including phenoxy) is 1. The van der Waals surface area contributed by atoms with E-state index in [1.54, 1.807) is 15.9 Å². The lowest BCUT2D eigenvalue weighted by Gasteiger charge is -2.29. The molecule has 0 saturated carbocycles. The molecule has 1 aromatic carbocycles. The van der Waals surface area contributed by atoms with Crippen LogP contribution in [0.2, 0.25) is 5.02 Å². The second kappa shape index (κ2) is 6.26. The van der Waals surface area contributed by atoms with Crippen LogP contribution in [0.4, 0.5) is 5.69 Å². The fourth-order valence-electron chi connectivity index (χ4n) is 2.91. The normalized spacial score (nSPS) is 22.3. The molecule has 2 fully saturated rings. The van der Waals surface area contributed by atoms with Gasteiger partial charge in [-0.15, -0.1) is 0 Å². The minimum Gasteiger partial charge on any atom is -0.378 e. The fourth-order valence-corrected chi connectivity index (χ4v) is 3.09. The van der Waals surface area contributed by atoms with Crippen molar-refractivity contribution in [1.82, 2.24) is 4.90 Å². The van der Waals surface area contributed by atoms with Crippen LogP contribution in [0.5, 0.6) is 0 Å². The quantitative estimate of drug-likeness (QED) is 0.835. The molecule has 2 saturated heterocycles. The molecule has 0 aromatic heterocycles. The van der Waals surface area contributed by atoms with Crippen molar-refractivity contribution in [2.24, 2.45) is 5.92 Å². The minimum absolute atomic E-state index is 0.0217. The van der Waals surface area contributed by atoms with Crippen LogP contribution < -0.4 is 4.90 Å². The average molecular weight is 323 g/mol. The van der Waals surface area contributed by atoms with E-state index in [9.17, 15) is 9.59 Å². The second-order valence-corrected chi connectivity index (χ2v) is 6.18. The molecule has 6 heteroatoms. The highest BCUT2D eigenvalue weighted by Gasteiger charge is 2.37. The van der Waals surface area contributed by atoms with Crippen LogP contribution in [0.15, 0.2) is 18.2 Å². The van der Waals surface area contributed by atoms with Crippen molar-refractivity contribution in [1.29, 1.82) is 0 Å². The van der Waals surface area contributed by atoms with Crippen LogP contribution in [-0.4, -0.2) is 49.6 Å². The first-order chi connectivity index (χ1) is 10.6. The molecule has 0 radical (unpaired) electrons. The van der Waals surface area contributed by atoms with E-state index in [-0.39, 0.29) is 24.2 Å². The van der Waals surface area contributed by atoms with Crippen LogP contribution in [0.25, 0.3) is 0 Å². The Bertz CT molecular complexity index is 599. The lowest BCUT2D eigenvalue weighted by Crippen LogP contribution is -2.44. The highest BCUT2D eigenvalue weighted by atomic mass is 35.5. The molecule has 0 spiro atoms. The number of rotatable bonds is 2. The van der Waals surface area contributed by atoms with Crippen molar-refractivity contribution in [2.45, 2.75) is 13.3 Å². The number of aryl methyl sites for hydroxylation is 1. The molecule has 5 nitrogen and oxygen atoms in total. The molecule has 3 rings (SSSR count). The molecule has 22 heavy (non-hydrogen) atoms. The molecule has 2 amide bonds. The molecule has 0 N–H and O–H groups in total. The molecular formula is C16H19ClN2O3. The van der Waals surface area contributed by atoms with Gasteiger partial charge in [-0.1, -0.05) is 17.7 Å². The Balaban J connectivity index is 1.72. The Hall–Kier alpha value is -1.59. The highest BCUT2D eigenvalue weighted by Crippen LogP contribution is 2.29. The van der Waals surface area contributed by atoms with Crippen LogP contribution in [0, 0.1) is 12.8 Å². The number of morpholine rings is 1.